The van der Waals surface area contributed by atoms with Gasteiger partial charge in [-0.15, -0.1) is 0 Å². The number of rotatable bonds is 2. The van der Waals surface area contributed by atoms with E-state index in [0.29, 0.717) is 0 Å². The molecule has 1 rings (SSSR count). The number of aromatic nitrogens is 2. The molecular formula is C6H5ClF2N2O. The van der Waals surface area contributed by atoms with Crippen molar-refractivity contribution in [1.29, 1.82) is 0 Å². The molecule has 0 N–H and O–H groups in total. The minimum atomic E-state index is -3.04. The van der Waals surface area contributed by atoms with Crippen molar-refractivity contribution in [2.75, 3.05) is 0 Å². The minimum absolute atomic E-state index is 0.192. The van der Waals surface area contributed by atoms with E-state index in [2.05, 4.69) is 4.98 Å². The van der Waals surface area contributed by atoms with Gasteiger partial charge in [-0.2, -0.15) is 0 Å². The van der Waals surface area contributed by atoms with E-state index < -0.39 is 12.2 Å². The Labute approximate surface area is 72.0 Å². The lowest BCUT2D eigenvalue weighted by atomic mass is 10.3. The lowest BCUT2D eigenvalue weighted by Crippen LogP contribution is -2.14. The fourth-order valence-electron chi connectivity index (χ4n) is 0.781. The molecule has 0 radical (unpaired) electrons. The van der Waals surface area contributed by atoms with Crippen LogP contribution in [0.3, 0.4) is 0 Å². The number of nitrogens with zero attached hydrogens (tertiary/aromatic N) is 2. The highest BCUT2D eigenvalue weighted by Crippen LogP contribution is 2.16. The molecule has 0 spiro atoms. The molecule has 0 aliphatic carbocycles. The van der Waals surface area contributed by atoms with Crippen molar-refractivity contribution in [3.05, 3.63) is 17.2 Å². The van der Waals surface area contributed by atoms with E-state index in [1.807, 2.05) is 0 Å². The number of carbonyl (C=O) groups is 1. The van der Waals surface area contributed by atoms with Gasteiger partial charge in [-0.3, -0.25) is 4.79 Å². The first-order valence-corrected chi connectivity index (χ1v) is 3.41. The zero-order valence-electron chi connectivity index (χ0n) is 6.09. The normalized spacial score (nSPS) is 10.8. The molecule has 0 bridgehead atoms. The Kier molecular flexibility index (Phi) is 2.42. The average Bonchev–Trinajstić information content (AvgIpc) is 2.30. The maximum absolute atomic E-state index is 11.9. The summed E-state index contributed by atoms with van der Waals surface area (Å²) in [7, 11) is 1.43. The number of hydrogen-bond donors (Lipinski definition) is 0. The van der Waals surface area contributed by atoms with Crippen LogP contribution >= 0.6 is 11.6 Å². The van der Waals surface area contributed by atoms with Gasteiger partial charge in [0.25, 0.3) is 0 Å². The van der Waals surface area contributed by atoms with Gasteiger partial charge in [0.15, 0.2) is 5.15 Å². The van der Waals surface area contributed by atoms with Crippen molar-refractivity contribution in [1.82, 2.24) is 9.55 Å². The highest BCUT2D eigenvalue weighted by molar-refractivity contribution is 6.32. The fraction of sp³-hybridized carbons (Fsp3) is 0.333. The van der Waals surface area contributed by atoms with E-state index in [1.54, 1.807) is 0 Å². The number of Topliss-reactive ketones (excluding diaryl/α,β-unsaturated/α-hetero) is 1. The summed E-state index contributed by atoms with van der Waals surface area (Å²) in [6.07, 6.45) is -1.84. The average molecular weight is 195 g/mol. The van der Waals surface area contributed by atoms with Crippen LogP contribution in [-0.4, -0.2) is 21.8 Å². The van der Waals surface area contributed by atoms with Crippen LogP contribution in [0.15, 0.2) is 6.33 Å². The van der Waals surface area contributed by atoms with Gasteiger partial charge >= 0.3 is 6.43 Å². The quantitative estimate of drug-likeness (QED) is 0.669. The van der Waals surface area contributed by atoms with Crippen molar-refractivity contribution in [2.24, 2.45) is 7.05 Å². The number of imidazole rings is 1. The third-order valence-corrected chi connectivity index (χ3v) is 1.60. The zero-order chi connectivity index (χ0) is 9.30. The van der Waals surface area contributed by atoms with E-state index in [9.17, 15) is 13.6 Å². The highest BCUT2D eigenvalue weighted by atomic mass is 35.5. The Hall–Kier alpha value is -0.970. The zero-order valence-corrected chi connectivity index (χ0v) is 6.85. The van der Waals surface area contributed by atoms with Crippen molar-refractivity contribution in [2.45, 2.75) is 6.43 Å². The molecule has 0 unspecified atom stereocenters. The maximum atomic E-state index is 11.9. The second-order valence-electron chi connectivity index (χ2n) is 2.16. The number of carbonyl (C=O) groups excluding carboxylic acids is 1. The van der Waals surface area contributed by atoms with Gasteiger partial charge in [0.2, 0.25) is 5.78 Å². The summed E-state index contributed by atoms with van der Waals surface area (Å²) in [6, 6.07) is 0. The summed E-state index contributed by atoms with van der Waals surface area (Å²) in [5.41, 5.74) is -0.258. The van der Waals surface area contributed by atoms with Crippen molar-refractivity contribution >= 4 is 17.4 Å². The first kappa shape index (κ1) is 9.12. The molecular weight excluding hydrogens is 190 g/mol. The third kappa shape index (κ3) is 1.45. The predicted octanol–water partition coefficient (Wildman–Crippen LogP) is 1.52. The van der Waals surface area contributed by atoms with E-state index >= 15 is 0 Å². The van der Waals surface area contributed by atoms with Crippen LogP contribution in [0, 0.1) is 0 Å². The summed E-state index contributed by atoms with van der Waals surface area (Å²) in [4.78, 5) is 14.2. The number of halogens is 3. The van der Waals surface area contributed by atoms with Crippen LogP contribution in [0.5, 0.6) is 0 Å². The number of hydrogen-bond acceptors (Lipinski definition) is 2. The van der Waals surface area contributed by atoms with Crippen molar-refractivity contribution in [3.8, 4) is 0 Å². The van der Waals surface area contributed by atoms with E-state index in [1.165, 1.54) is 13.4 Å². The van der Waals surface area contributed by atoms with Crippen molar-refractivity contribution in [3.63, 3.8) is 0 Å². The predicted molar refractivity (Wildman–Crippen MR) is 38.6 cm³/mol. The molecule has 12 heavy (non-hydrogen) atoms. The first-order chi connectivity index (χ1) is 5.54. The molecule has 0 amide bonds. The molecule has 6 heteroatoms. The number of alkyl halides is 2. The Morgan fingerprint density at radius 1 is 1.75 bits per heavy atom. The molecule has 1 aromatic heterocycles. The van der Waals surface area contributed by atoms with Gasteiger partial charge in [-0.05, 0) is 0 Å². The number of ketones is 1. The van der Waals surface area contributed by atoms with Gasteiger partial charge in [0.1, 0.15) is 5.69 Å². The largest absolute Gasteiger partial charge is 0.330 e. The molecule has 0 atom stereocenters. The van der Waals surface area contributed by atoms with Gasteiger partial charge in [-0.25, -0.2) is 13.8 Å². The molecule has 1 aromatic rings. The molecule has 0 aliphatic rings. The molecule has 1 heterocycles. The molecule has 0 saturated carbocycles. The molecule has 3 nitrogen and oxygen atoms in total. The van der Waals surface area contributed by atoms with E-state index in [-0.39, 0.29) is 10.8 Å². The van der Waals surface area contributed by atoms with Gasteiger partial charge in [-0.1, -0.05) is 11.6 Å². The third-order valence-electron chi connectivity index (χ3n) is 1.32. The smallest absolute Gasteiger partial charge is 0.302 e. The SMILES string of the molecule is Cn1cnc(Cl)c1C(=O)C(F)F. The minimum Gasteiger partial charge on any atom is -0.330 e. The second-order valence-corrected chi connectivity index (χ2v) is 2.52. The summed E-state index contributed by atoms with van der Waals surface area (Å²) in [5, 5.41) is -0.192. The summed E-state index contributed by atoms with van der Waals surface area (Å²) in [5.74, 6) is -1.31. The van der Waals surface area contributed by atoms with Gasteiger partial charge in [0, 0.05) is 7.05 Å². The molecule has 0 fully saturated rings. The highest BCUT2D eigenvalue weighted by Gasteiger charge is 2.24. The topological polar surface area (TPSA) is 34.9 Å². The molecule has 0 aromatic carbocycles. The Balaban J connectivity index is 3.09. The molecule has 66 valence electrons. The monoisotopic (exact) mass is 194 g/mol. The van der Waals surface area contributed by atoms with Crippen LogP contribution in [0.4, 0.5) is 8.78 Å². The van der Waals surface area contributed by atoms with E-state index in [0.717, 1.165) is 4.57 Å². The van der Waals surface area contributed by atoms with Crippen LogP contribution in [0.25, 0.3) is 0 Å². The second kappa shape index (κ2) is 3.18. The fourth-order valence-corrected chi connectivity index (χ4v) is 1.05. The Morgan fingerprint density at radius 3 is 2.67 bits per heavy atom. The van der Waals surface area contributed by atoms with Crippen LogP contribution in [0.1, 0.15) is 10.5 Å². The summed E-state index contributed by atoms with van der Waals surface area (Å²) < 4.78 is 25.0. The van der Waals surface area contributed by atoms with Gasteiger partial charge < -0.3 is 4.57 Å². The standard InChI is InChI=1S/C6H5ClF2N2O/c1-11-2-10-5(7)3(11)4(12)6(8)9/h2,6H,1H3. The Morgan fingerprint density at radius 2 is 2.33 bits per heavy atom. The van der Waals surface area contributed by atoms with E-state index in [4.69, 9.17) is 11.6 Å². The lowest BCUT2D eigenvalue weighted by Gasteiger charge is -1.99. The van der Waals surface area contributed by atoms with Crippen LogP contribution < -0.4 is 0 Å². The lowest BCUT2D eigenvalue weighted by molar-refractivity contribution is 0.0669. The van der Waals surface area contributed by atoms with Crippen LogP contribution in [-0.2, 0) is 7.05 Å². The Bertz CT molecular complexity index is 291. The maximum Gasteiger partial charge on any atom is 0.302 e. The molecule has 0 aliphatic heterocycles. The number of aryl methyl sites for hydroxylation is 1. The van der Waals surface area contributed by atoms with Crippen molar-refractivity contribution < 1.29 is 13.6 Å². The van der Waals surface area contributed by atoms with Gasteiger partial charge in [0.05, 0.1) is 6.33 Å². The first-order valence-electron chi connectivity index (χ1n) is 3.03. The molecule has 0 saturated heterocycles. The summed E-state index contributed by atoms with van der Waals surface area (Å²) in [6.45, 7) is 0. The van der Waals surface area contributed by atoms with Crippen LogP contribution in [0.2, 0.25) is 5.15 Å². The summed E-state index contributed by atoms with van der Waals surface area (Å²) >= 11 is 5.40.